The molecule has 2 atom stereocenters. The lowest BCUT2D eigenvalue weighted by atomic mass is 10.1. The maximum Gasteiger partial charge on any atom is 0.253 e. The Bertz CT molecular complexity index is 532. The minimum Gasteiger partial charge on any atom is -0.352 e. The molecule has 1 saturated carbocycles. The van der Waals surface area contributed by atoms with Crippen molar-refractivity contribution in [3.05, 3.63) is 35.4 Å². The van der Waals surface area contributed by atoms with E-state index in [1.165, 1.54) is 0 Å². The van der Waals surface area contributed by atoms with Gasteiger partial charge in [-0.1, -0.05) is 19.1 Å². The summed E-state index contributed by atoms with van der Waals surface area (Å²) in [5.74, 6) is 1.01. The first kappa shape index (κ1) is 14.1. The van der Waals surface area contributed by atoms with Gasteiger partial charge in [0, 0.05) is 31.1 Å². The van der Waals surface area contributed by atoms with Crippen LogP contribution in [0.2, 0.25) is 0 Å². The van der Waals surface area contributed by atoms with Crippen LogP contribution < -0.4 is 5.32 Å². The average Bonchev–Trinajstić information content (AvgIpc) is 3.02. The molecule has 1 aliphatic carbocycles. The lowest BCUT2D eigenvalue weighted by molar-refractivity contribution is -0.122. The molecule has 2 amide bonds. The van der Waals surface area contributed by atoms with Gasteiger partial charge in [0.1, 0.15) is 0 Å². The molecule has 0 spiro atoms. The van der Waals surface area contributed by atoms with Gasteiger partial charge in [-0.25, -0.2) is 0 Å². The number of carbonyl (C=O) groups is 2. The van der Waals surface area contributed by atoms with Crippen molar-refractivity contribution >= 4 is 11.8 Å². The van der Waals surface area contributed by atoms with Crippen molar-refractivity contribution in [3.63, 3.8) is 0 Å². The highest BCUT2D eigenvalue weighted by Gasteiger charge is 2.38. The third-order valence-corrected chi connectivity index (χ3v) is 4.51. The third-order valence-electron chi connectivity index (χ3n) is 4.51. The van der Waals surface area contributed by atoms with Gasteiger partial charge in [0.25, 0.3) is 5.91 Å². The zero-order valence-corrected chi connectivity index (χ0v) is 12.5. The molecule has 0 bridgehead atoms. The standard InChI is InChI=1S/C17H22N2O2/c1-12-10-15(12)16(20)18-11-13-4-6-14(7-5-13)17(21)19-8-2-3-9-19/h4-7,12,15H,2-3,8-11H2,1H3,(H,18,20)/t12-,15-/m1/s1. The largest absolute Gasteiger partial charge is 0.352 e. The van der Waals surface area contributed by atoms with Crippen LogP contribution in [0.1, 0.15) is 42.1 Å². The fourth-order valence-corrected chi connectivity index (χ4v) is 2.88. The minimum atomic E-state index is 0.120. The van der Waals surface area contributed by atoms with Crippen LogP contribution in [-0.2, 0) is 11.3 Å². The molecule has 3 rings (SSSR count). The first-order valence-electron chi connectivity index (χ1n) is 7.81. The van der Waals surface area contributed by atoms with Crippen molar-refractivity contribution < 1.29 is 9.59 Å². The van der Waals surface area contributed by atoms with Gasteiger partial charge in [-0.2, -0.15) is 0 Å². The van der Waals surface area contributed by atoms with Crippen LogP contribution in [0.5, 0.6) is 0 Å². The van der Waals surface area contributed by atoms with Crippen molar-refractivity contribution in [2.75, 3.05) is 13.1 Å². The monoisotopic (exact) mass is 286 g/mol. The summed E-state index contributed by atoms with van der Waals surface area (Å²) < 4.78 is 0. The first-order chi connectivity index (χ1) is 10.1. The second-order valence-electron chi connectivity index (χ2n) is 6.23. The highest BCUT2D eigenvalue weighted by molar-refractivity contribution is 5.94. The topological polar surface area (TPSA) is 49.4 Å². The Hall–Kier alpha value is -1.84. The smallest absolute Gasteiger partial charge is 0.253 e. The van der Waals surface area contributed by atoms with E-state index in [1.807, 2.05) is 29.2 Å². The molecule has 0 unspecified atom stereocenters. The fraction of sp³-hybridized carbons (Fsp3) is 0.529. The van der Waals surface area contributed by atoms with Gasteiger partial charge in [0.2, 0.25) is 5.91 Å². The molecule has 2 fully saturated rings. The molecular formula is C17H22N2O2. The van der Waals surface area contributed by atoms with E-state index < -0.39 is 0 Å². The molecule has 112 valence electrons. The summed E-state index contributed by atoms with van der Waals surface area (Å²) in [4.78, 5) is 25.9. The van der Waals surface area contributed by atoms with E-state index in [1.54, 1.807) is 0 Å². The van der Waals surface area contributed by atoms with Crippen LogP contribution in [0, 0.1) is 11.8 Å². The number of benzene rings is 1. The molecule has 1 aromatic rings. The molecule has 1 aromatic carbocycles. The Morgan fingerprint density at radius 3 is 2.38 bits per heavy atom. The maximum atomic E-state index is 12.2. The fourth-order valence-electron chi connectivity index (χ4n) is 2.88. The van der Waals surface area contributed by atoms with E-state index >= 15 is 0 Å². The Balaban J connectivity index is 1.53. The van der Waals surface area contributed by atoms with Gasteiger partial charge in [0.05, 0.1) is 0 Å². The SMILES string of the molecule is C[C@@H]1C[C@H]1C(=O)NCc1ccc(C(=O)N2CCCC2)cc1. The van der Waals surface area contributed by atoms with Crippen LogP contribution in [0.3, 0.4) is 0 Å². The molecular weight excluding hydrogens is 264 g/mol. The van der Waals surface area contributed by atoms with Crippen LogP contribution in [-0.4, -0.2) is 29.8 Å². The van der Waals surface area contributed by atoms with Gasteiger partial charge in [-0.3, -0.25) is 9.59 Å². The molecule has 0 radical (unpaired) electrons. The Labute approximate surface area is 125 Å². The molecule has 1 aliphatic heterocycles. The van der Waals surface area contributed by atoms with Crippen molar-refractivity contribution in [3.8, 4) is 0 Å². The minimum absolute atomic E-state index is 0.120. The van der Waals surface area contributed by atoms with E-state index in [-0.39, 0.29) is 17.7 Å². The van der Waals surface area contributed by atoms with Crippen LogP contribution >= 0.6 is 0 Å². The molecule has 0 aromatic heterocycles. The Morgan fingerprint density at radius 2 is 1.81 bits per heavy atom. The van der Waals surface area contributed by atoms with E-state index in [0.29, 0.717) is 12.5 Å². The number of likely N-dealkylation sites (tertiary alicyclic amines) is 1. The molecule has 2 aliphatic rings. The highest BCUT2D eigenvalue weighted by Crippen LogP contribution is 2.37. The van der Waals surface area contributed by atoms with Gasteiger partial charge in [-0.15, -0.1) is 0 Å². The van der Waals surface area contributed by atoms with Gasteiger partial charge < -0.3 is 10.2 Å². The van der Waals surface area contributed by atoms with Crippen molar-refractivity contribution in [1.29, 1.82) is 0 Å². The molecule has 1 N–H and O–H groups in total. The third kappa shape index (κ3) is 3.26. The molecule has 4 nitrogen and oxygen atoms in total. The summed E-state index contributed by atoms with van der Waals surface area (Å²) in [7, 11) is 0. The van der Waals surface area contributed by atoms with Gasteiger partial charge >= 0.3 is 0 Å². The predicted molar refractivity (Wildman–Crippen MR) is 80.7 cm³/mol. The molecule has 21 heavy (non-hydrogen) atoms. The highest BCUT2D eigenvalue weighted by atomic mass is 16.2. The summed E-state index contributed by atoms with van der Waals surface area (Å²) in [5, 5.41) is 2.96. The summed E-state index contributed by atoms with van der Waals surface area (Å²) in [6.07, 6.45) is 3.22. The van der Waals surface area contributed by atoms with E-state index in [0.717, 1.165) is 43.5 Å². The van der Waals surface area contributed by atoms with E-state index in [9.17, 15) is 9.59 Å². The zero-order chi connectivity index (χ0) is 14.8. The number of hydrogen-bond donors (Lipinski definition) is 1. The lowest BCUT2D eigenvalue weighted by Crippen LogP contribution is -2.27. The molecule has 1 saturated heterocycles. The quantitative estimate of drug-likeness (QED) is 0.922. The van der Waals surface area contributed by atoms with E-state index in [4.69, 9.17) is 0 Å². The maximum absolute atomic E-state index is 12.2. The predicted octanol–water partition coefficient (Wildman–Crippen LogP) is 2.19. The van der Waals surface area contributed by atoms with Crippen molar-refractivity contribution in [2.24, 2.45) is 11.8 Å². The first-order valence-corrected chi connectivity index (χ1v) is 7.81. The van der Waals surface area contributed by atoms with Gasteiger partial charge in [0.15, 0.2) is 0 Å². The summed E-state index contributed by atoms with van der Waals surface area (Å²) in [6, 6.07) is 7.59. The van der Waals surface area contributed by atoms with E-state index in [2.05, 4.69) is 12.2 Å². The van der Waals surface area contributed by atoms with Crippen LogP contribution in [0.15, 0.2) is 24.3 Å². The number of nitrogens with zero attached hydrogens (tertiary/aromatic N) is 1. The van der Waals surface area contributed by atoms with Crippen LogP contribution in [0.4, 0.5) is 0 Å². The van der Waals surface area contributed by atoms with Crippen LogP contribution in [0.25, 0.3) is 0 Å². The molecule has 1 heterocycles. The van der Waals surface area contributed by atoms with Crippen molar-refractivity contribution in [1.82, 2.24) is 10.2 Å². The normalized spacial score (nSPS) is 24.0. The van der Waals surface area contributed by atoms with Gasteiger partial charge in [-0.05, 0) is 42.9 Å². The number of carbonyl (C=O) groups excluding carboxylic acids is 2. The summed E-state index contributed by atoms with van der Waals surface area (Å²) >= 11 is 0. The van der Waals surface area contributed by atoms with Crippen molar-refractivity contribution in [2.45, 2.75) is 32.7 Å². The Kier molecular flexibility index (Phi) is 3.95. The zero-order valence-electron chi connectivity index (χ0n) is 12.5. The second-order valence-corrected chi connectivity index (χ2v) is 6.23. The second kappa shape index (κ2) is 5.88. The summed E-state index contributed by atoms with van der Waals surface area (Å²) in [5.41, 5.74) is 1.78. The number of nitrogens with one attached hydrogen (secondary N) is 1. The molecule has 4 heteroatoms. The number of amides is 2. The Morgan fingerprint density at radius 1 is 1.19 bits per heavy atom. The lowest BCUT2D eigenvalue weighted by Gasteiger charge is -2.15. The number of hydrogen-bond acceptors (Lipinski definition) is 2. The average molecular weight is 286 g/mol. The summed E-state index contributed by atoms with van der Waals surface area (Å²) in [6.45, 7) is 4.38. The number of rotatable bonds is 4.